The topological polar surface area (TPSA) is 38.8 Å². The van der Waals surface area contributed by atoms with E-state index in [4.69, 9.17) is 9.47 Å². The van der Waals surface area contributed by atoms with Gasteiger partial charge in [-0.1, -0.05) is 36.4 Å². The second-order valence-electron chi connectivity index (χ2n) is 5.43. The van der Waals surface area contributed by atoms with Crippen molar-refractivity contribution in [1.82, 2.24) is 4.90 Å². The number of benzene rings is 2. The van der Waals surface area contributed by atoms with Gasteiger partial charge < -0.3 is 9.47 Å². The van der Waals surface area contributed by atoms with Crippen LogP contribution in [0.3, 0.4) is 0 Å². The number of hydrogen-bond donors (Lipinski definition) is 0. The number of carbonyl (C=O) groups excluding carboxylic acids is 1. The van der Waals surface area contributed by atoms with Crippen molar-refractivity contribution in [3.8, 4) is 5.75 Å². The van der Waals surface area contributed by atoms with Crippen molar-refractivity contribution in [2.75, 3.05) is 20.7 Å². The van der Waals surface area contributed by atoms with Crippen molar-refractivity contribution in [1.29, 1.82) is 0 Å². The van der Waals surface area contributed by atoms with Crippen molar-refractivity contribution < 1.29 is 14.3 Å². The van der Waals surface area contributed by atoms with Crippen LogP contribution in [-0.4, -0.2) is 43.7 Å². The minimum absolute atomic E-state index is 0.00454. The molecule has 0 bridgehead atoms. The molecule has 21 heavy (non-hydrogen) atoms. The van der Waals surface area contributed by atoms with Crippen molar-refractivity contribution in [2.45, 2.75) is 18.6 Å². The fourth-order valence-electron chi connectivity index (χ4n) is 2.93. The molecule has 2 aromatic carbocycles. The second kappa shape index (κ2) is 5.74. The van der Waals surface area contributed by atoms with Crippen molar-refractivity contribution in [2.24, 2.45) is 0 Å². The summed E-state index contributed by atoms with van der Waals surface area (Å²) in [5.74, 6) is 0.679. The van der Waals surface area contributed by atoms with Gasteiger partial charge in [-0.05, 0) is 18.5 Å². The third-order valence-corrected chi connectivity index (χ3v) is 4.03. The Morgan fingerprint density at radius 3 is 2.76 bits per heavy atom. The highest BCUT2D eigenvalue weighted by atomic mass is 16.5. The molecule has 1 fully saturated rings. The van der Waals surface area contributed by atoms with Crippen LogP contribution in [0.4, 0.5) is 0 Å². The highest BCUT2D eigenvalue weighted by Gasteiger charge is 2.36. The van der Waals surface area contributed by atoms with E-state index in [1.807, 2.05) is 36.2 Å². The largest absolute Gasteiger partial charge is 0.488 e. The summed E-state index contributed by atoms with van der Waals surface area (Å²) in [5, 5.41) is 2.26. The van der Waals surface area contributed by atoms with Crippen LogP contribution in [0.5, 0.6) is 5.75 Å². The molecule has 4 heteroatoms. The zero-order chi connectivity index (χ0) is 14.8. The summed E-state index contributed by atoms with van der Waals surface area (Å²) in [6.45, 7) is 0.725. The van der Waals surface area contributed by atoms with Crippen LogP contribution in [0.15, 0.2) is 42.5 Å². The summed E-state index contributed by atoms with van der Waals surface area (Å²) in [5.41, 5.74) is 0. The molecule has 110 valence electrons. The van der Waals surface area contributed by atoms with Gasteiger partial charge in [0.2, 0.25) is 0 Å². The number of esters is 1. The summed E-state index contributed by atoms with van der Waals surface area (Å²) in [6, 6.07) is 14.0. The Kier molecular flexibility index (Phi) is 3.80. The maximum Gasteiger partial charge on any atom is 0.323 e. The third kappa shape index (κ3) is 2.72. The minimum atomic E-state index is -0.213. The lowest BCUT2D eigenvalue weighted by Gasteiger charge is -2.15. The van der Waals surface area contributed by atoms with Crippen molar-refractivity contribution in [3.05, 3.63) is 42.5 Å². The van der Waals surface area contributed by atoms with Crippen LogP contribution in [0.25, 0.3) is 10.8 Å². The average molecular weight is 285 g/mol. The number of carbonyl (C=O) groups is 1. The first-order chi connectivity index (χ1) is 10.2. The van der Waals surface area contributed by atoms with Gasteiger partial charge in [-0.15, -0.1) is 0 Å². The Labute approximate surface area is 124 Å². The van der Waals surface area contributed by atoms with Crippen molar-refractivity contribution in [3.63, 3.8) is 0 Å². The Hall–Kier alpha value is -2.07. The molecule has 1 saturated heterocycles. The number of nitrogens with zero attached hydrogens (tertiary/aromatic N) is 1. The van der Waals surface area contributed by atoms with E-state index in [0.29, 0.717) is 6.42 Å². The molecule has 3 rings (SSSR count). The SMILES string of the molecule is COC(=O)[C@@H]1C[C@@H](Oc2cccc3ccccc23)CN1C. The van der Waals surface area contributed by atoms with Gasteiger partial charge in [0.15, 0.2) is 0 Å². The third-order valence-electron chi connectivity index (χ3n) is 4.03. The van der Waals surface area contributed by atoms with Gasteiger partial charge in [0.25, 0.3) is 0 Å². The molecule has 4 nitrogen and oxygen atoms in total. The molecule has 0 saturated carbocycles. The molecule has 0 aliphatic carbocycles. The smallest absolute Gasteiger partial charge is 0.323 e. The molecule has 2 atom stereocenters. The van der Waals surface area contributed by atoms with Crippen LogP contribution >= 0.6 is 0 Å². The summed E-state index contributed by atoms with van der Waals surface area (Å²) in [4.78, 5) is 13.7. The monoisotopic (exact) mass is 285 g/mol. The van der Waals surface area contributed by atoms with Crippen LogP contribution in [0.2, 0.25) is 0 Å². The number of fused-ring (bicyclic) bond motifs is 1. The Morgan fingerprint density at radius 2 is 1.95 bits per heavy atom. The fraction of sp³-hybridized carbons (Fsp3) is 0.353. The molecular weight excluding hydrogens is 266 g/mol. The van der Waals surface area contributed by atoms with E-state index < -0.39 is 0 Å². The van der Waals surface area contributed by atoms with Gasteiger partial charge in [-0.2, -0.15) is 0 Å². The predicted molar refractivity (Wildman–Crippen MR) is 81.4 cm³/mol. The molecule has 1 aliphatic rings. The zero-order valence-corrected chi connectivity index (χ0v) is 12.3. The van der Waals surface area contributed by atoms with Crippen LogP contribution < -0.4 is 4.74 Å². The average Bonchev–Trinajstić information content (AvgIpc) is 2.87. The fourth-order valence-corrected chi connectivity index (χ4v) is 2.93. The lowest BCUT2D eigenvalue weighted by Crippen LogP contribution is -2.33. The van der Waals surface area contributed by atoms with Crippen LogP contribution in [0, 0.1) is 0 Å². The summed E-state index contributed by atoms with van der Waals surface area (Å²) < 4.78 is 11.0. The van der Waals surface area contributed by atoms with Crippen LogP contribution in [-0.2, 0) is 9.53 Å². The zero-order valence-electron chi connectivity index (χ0n) is 12.3. The van der Waals surface area contributed by atoms with Gasteiger partial charge in [-0.3, -0.25) is 9.69 Å². The van der Waals surface area contributed by atoms with Gasteiger partial charge in [0, 0.05) is 18.4 Å². The molecule has 2 aromatic rings. The highest BCUT2D eigenvalue weighted by molar-refractivity contribution is 5.88. The minimum Gasteiger partial charge on any atom is -0.488 e. The number of hydrogen-bond acceptors (Lipinski definition) is 4. The molecule has 0 unspecified atom stereocenters. The van der Waals surface area contributed by atoms with E-state index in [0.717, 1.165) is 23.1 Å². The molecule has 0 amide bonds. The Bertz CT molecular complexity index is 650. The molecule has 1 aliphatic heterocycles. The summed E-state index contributed by atoms with van der Waals surface area (Å²) >= 11 is 0. The lowest BCUT2D eigenvalue weighted by atomic mass is 10.1. The highest BCUT2D eigenvalue weighted by Crippen LogP contribution is 2.29. The van der Waals surface area contributed by atoms with E-state index in [9.17, 15) is 4.79 Å². The van der Waals surface area contributed by atoms with Gasteiger partial charge in [0.05, 0.1) is 7.11 Å². The first kappa shape index (κ1) is 13.9. The number of likely N-dealkylation sites (tertiary alicyclic amines) is 1. The van der Waals surface area contributed by atoms with E-state index >= 15 is 0 Å². The second-order valence-corrected chi connectivity index (χ2v) is 5.43. The molecule has 1 heterocycles. The Morgan fingerprint density at radius 1 is 1.19 bits per heavy atom. The first-order valence-electron chi connectivity index (χ1n) is 7.11. The molecular formula is C17H19NO3. The van der Waals surface area contributed by atoms with E-state index in [2.05, 4.69) is 18.2 Å². The molecule has 0 spiro atoms. The number of ether oxygens (including phenoxy) is 2. The summed E-state index contributed by atoms with van der Waals surface area (Å²) in [7, 11) is 3.35. The van der Waals surface area contributed by atoms with E-state index in [1.165, 1.54) is 7.11 Å². The van der Waals surface area contributed by atoms with Crippen LogP contribution in [0.1, 0.15) is 6.42 Å². The van der Waals surface area contributed by atoms with Crippen molar-refractivity contribution >= 4 is 16.7 Å². The number of methoxy groups -OCH3 is 1. The first-order valence-corrected chi connectivity index (χ1v) is 7.11. The Balaban J connectivity index is 1.79. The quantitative estimate of drug-likeness (QED) is 0.812. The van der Waals surface area contributed by atoms with E-state index in [-0.39, 0.29) is 18.1 Å². The lowest BCUT2D eigenvalue weighted by molar-refractivity contribution is -0.145. The number of rotatable bonds is 3. The number of likely N-dealkylation sites (N-methyl/N-ethyl adjacent to an activating group) is 1. The molecule has 0 radical (unpaired) electrons. The predicted octanol–water partition coefficient (Wildman–Crippen LogP) is 2.46. The molecule has 0 N–H and O–H groups in total. The maximum atomic E-state index is 11.7. The van der Waals surface area contributed by atoms with E-state index in [1.54, 1.807) is 0 Å². The maximum absolute atomic E-state index is 11.7. The standard InChI is InChI=1S/C17H19NO3/c1-18-11-13(10-15(18)17(19)20-2)21-16-9-5-7-12-6-3-4-8-14(12)16/h3-9,13,15H,10-11H2,1-2H3/t13-,15+/m1/s1. The van der Waals surface area contributed by atoms with Gasteiger partial charge in [0.1, 0.15) is 17.9 Å². The van der Waals surface area contributed by atoms with Gasteiger partial charge in [-0.25, -0.2) is 0 Å². The summed E-state index contributed by atoms with van der Waals surface area (Å²) in [6.07, 6.45) is 0.664. The normalized spacial score (nSPS) is 22.4. The molecule has 0 aromatic heterocycles. The van der Waals surface area contributed by atoms with Gasteiger partial charge >= 0.3 is 5.97 Å².